The Labute approximate surface area is 141 Å². The summed E-state index contributed by atoms with van der Waals surface area (Å²) in [5.41, 5.74) is 5.88. The Hall–Kier alpha value is -1.91. The van der Waals surface area contributed by atoms with Crippen LogP contribution in [0.1, 0.15) is 22.7 Å². The second-order valence-corrected chi connectivity index (χ2v) is 5.86. The average Bonchev–Trinajstić information content (AvgIpc) is 2.54. The van der Waals surface area contributed by atoms with Crippen LogP contribution >= 0.6 is 12.4 Å². The second kappa shape index (κ2) is 5.95. The van der Waals surface area contributed by atoms with Gasteiger partial charge in [0.1, 0.15) is 5.75 Å². The fraction of sp³-hybridized carbons (Fsp3) is 0.333. The number of ether oxygens (including phenoxy) is 2. The molecule has 1 heterocycles. The van der Waals surface area contributed by atoms with Crippen molar-refractivity contribution in [3.05, 3.63) is 41.0 Å². The molecule has 2 aromatic rings. The molecule has 1 atom stereocenters. The minimum atomic E-state index is 0. The number of hydrogen-bond acceptors (Lipinski definition) is 4. The molecule has 0 spiro atoms. The van der Waals surface area contributed by atoms with E-state index in [1.165, 1.54) is 16.7 Å². The van der Waals surface area contributed by atoms with Crippen LogP contribution in [0.15, 0.2) is 24.3 Å². The number of rotatable bonds is 2. The lowest BCUT2D eigenvalue weighted by molar-refractivity contribution is 0.370. The normalized spacial score (nSPS) is 17.6. The molecule has 0 aromatic heterocycles. The molecule has 0 fully saturated rings. The van der Waals surface area contributed by atoms with Gasteiger partial charge in [-0.3, -0.25) is 0 Å². The zero-order valence-corrected chi connectivity index (χ0v) is 14.0. The van der Waals surface area contributed by atoms with E-state index in [4.69, 9.17) is 9.47 Å². The molecule has 1 aliphatic heterocycles. The fourth-order valence-electron chi connectivity index (χ4n) is 3.79. The quantitative estimate of drug-likeness (QED) is 0.886. The van der Waals surface area contributed by atoms with Crippen LogP contribution in [0.2, 0.25) is 0 Å². The topological polar surface area (TPSA) is 50.7 Å². The molecule has 0 amide bonds. The van der Waals surface area contributed by atoms with Gasteiger partial charge in [-0.15, -0.1) is 12.4 Å². The number of aromatic hydroxyl groups is 1. The van der Waals surface area contributed by atoms with Gasteiger partial charge in [0, 0.05) is 11.6 Å². The summed E-state index contributed by atoms with van der Waals surface area (Å²) >= 11 is 0. The van der Waals surface area contributed by atoms with Crippen LogP contribution in [0, 0.1) is 0 Å². The highest BCUT2D eigenvalue weighted by atomic mass is 35.5. The SMILES string of the molecule is COc1ccc2c(c1)CC1NCCc3cc(O)c(OC)c-2c31.Cl. The number of halogens is 1. The molecule has 2 aromatic carbocycles. The first kappa shape index (κ1) is 16.0. The monoisotopic (exact) mass is 333 g/mol. The summed E-state index contributed by atoms with van der Waals surface area (Å²) in [6.07, 6.45) is 1.86. The van der Waals surface area contributed by atoms with E-state index in [0.29, 0.717) is 5.75 Å². The highest BCUT2D eigenvalue weighted by Gasteiger charge is 2.33. The number of nitrogens with one attached hydrogen (secondary N) is 1. The lowest BCUT2D eigenvalue weighted by Crippen LogP contribution is -2.33. The summed E-state index contributed by atoms with van der Waals surface area (Å²) in [4.78, 5) is 0. The smallest absolute Gasteiger partial charge is 0.168 e. The second-order valence-electron chi connectivity index (χ2n) is 5.86. The third-order valence-electron chi connectivity index (χ3n) is 4.73. The van der Waals surface area contributed by atoms with Crippen molar-refractivity contribution in [2.24, 2.45) is 0 Å². The van der Waals surface area contributed by atoms with Gasteiger partial charge in [0.15, 0.2) is 11.5 Å². The Morgan fingerprint density at radius 1 is 1.13 bits per heavy atom. The summed E-state index contributed by atoms with van der Waals surface area (Å²) in [6, 6.07) is 8.24. The summed E-state index contributed by atoms with van der Waals surface area (Å²) in [7, 11) is 3.29. The standard InChI is InChI=1S/C18H19NO3.ClH/c1-21-12-3-4-13-11(7-12)8-14-16-10(5-6-19-14)9-15(20)18(22-2)17(13)16;/h3-4,7,9,14,19-20H,5-6,8H2,1-2H3;1H. The van der Waals surface area contributed by atoms with Gasteiger partial charge in [-0.2, -0.15) is 0 Å². The van der Waals surface area contributed by atoms with Gasteiger partial charge >= 0.3 is 0 Å². The molecular formula is C18H20ClNO3. The average molecular weight is 334 g/mol. The van der Waals surface area contributed by atoms with Crippen LogP contribution in [0.25, 0.3) is 11.1 Å². The van der Waals surface area contributed by atoms with E-state index < -0.39 is 0 Å². The predicted molar refractivity (Wildman–Crippen MR) is 92.0 cm³/mol. The number of phenolic OH excluding ortho intramolecular Hbond substituents is 1. The maximum Gasteiger partial charge on any atom is 0.168 e. The van der Waals surface area contributed by atoms with Crippen LogP contribution in [0.3, 0.4) is 0 Å². The van der Waals surface area contributed by atoms with Crippen molar-refractivity contribution in [3.8, 4) is 28.4 Å². The van der Waals surface area contributed by atoms with Crippen molar-refractivity contribution in [3.63, 3.8) is 0 Å². The van der Waals surface area contributed by atoms with Crippen LogP contribution in [-0.4, -0.2) is 25.9 Å². The summed E-state index contributed by atoms with van der Waals surface area (Å²) in [6.45, 7) is 0.933. The Morgan fingerprint density at radius 2 is 1.96 bits per heavy atom. The Balaban J connectivity index is 0.00000156. The highest BCUT2D eigenvalue weighted by molar-refractivity contribution is 5.85. The van der Waals surface area contributed by atoms with Crippen LogP contribution in [0.4, 0.5) is 0 Å². The van der Waals surface area contributed by atoms with Crippen LogP contribution < -0.4 is 14.8 Å². The minimum absolute atomic E-state index is 0. The van der Waals surface area contributed by atoms with E-state index in [0.717, 1.165) is 36.3 Å². The number of fused-ring (bicyclic) bond motifs is 2. The molecule has 4 nitrogen and oxygen atoms in total. The third kappa shape index (κ3) is 2.33. The molecule has 5 heteroatoms. The van der Waals surface area contributed by atoms with E-state index in [9.17, 15) is 5.11 Å². The van der Waals surface area contributed by atoms with Crippen molar-refractivity contribution in [1.82, 2.24) is 5.32 Å². The third-order valence-corrected chi connectivity index (χ3v) is 4.73. The van der Waals surface area contributed by atoms with Gasteiger partial charge in [0.25, 0.3) is 0 Å². The largest absolute Gasteiger partial charge is 0.504 e. The lowest BCUT2D eigenvalue weighted by atomic mass is 9.77. The van der Waals surface area contributed by atoms with Gasteiger partial charge in [-0.1, -0.05) is 6.07 Å². The first-order chi connectivity index (χ1) is 10.7. The molecule has 1 unspecified atom stereocenters. The van der Waals surface area contributed by atoms with Crippen molar-refractivity contribution in [2.75, 3.05) is 20.8 Å². The molecule has 2 aliphatic rings. The first-order valence-electron chi connectivity index (χ1n) is 7.56. The van der Waals surface area contributed by atoms with Crippen molar-refractivity contribution in [2.45, 2.75) is 18.9 Å². The molecule has 2 N–H and O–H groups in total. The Bertz CT molecular complexity index is 760. The van der Waals surface area contributed by atoms with Gasteiger partial charge in [0.2, 0.25) is 0 Å². The number of benzene rings is 2. The van der Waals surface area contributed by atoms with Crippen LogP contribution in [0.5, 0.6) is 17.2 Å². The van der Waals surface area contributed by atoms with Crippen LogP contribution in [-0.2, 0) is 12.8 Å². The maximum absolute atomic E-state index is 10.3. The van der Waals surface area contributed by atoms with E-state index in [2.05, 4.69) is 17.4 Å². The molecule has 1 aliphatic carbocycles. The Kier molecular flexibility index (Phi) is 4.13. The summed E-state index contributed by atoms with van der Waals surface area (Å²) < 4.78 is 10.9. The molecule has 0 saturated heterocycles. The summed E-state index contributed by atoms with van der Waals surface area (Å²) in [5, 5.41) is 13.9. The molecule has 0 saturated carbocycles. The molecule has 23 heavy (non-hydrogen) atoms. The van der Waals surface area contributed by atoms with Crippen molar-refractivity contribution >= 4 is 12.4 Å². The number of phenols is 1. The lowest BCUT2D eigenvalue weighted by Gasteiger charge is -2.35. The molecule has 0 bridgehead atoms. The zero-order chi connectivity index (χ0) is 15.3. The van der Waals surface area contributed by atoms with Gasteiger partial charge < -0.3 is 19.9 Å². The maximum atomic E-state index is 10.3. The Morgan fingerprint density at radius 3 is 2.70 bits per heavy atom. The predicted octanol–water partition coefficient (Wildman–Crippen LogP) is 3.24. The van der Waals surface area contributed by atoms with Crippen molar-refractivity contribution in [1.29, 1.82) is 0 Å². The molecule has 4 rings (SSSR count). The zero-order valence-electron chi connectivity index (χ0n) is 13.2. The fourth-order valence-corrected chi connectivity index (χ4v) is 3.79. The van der Waals surface area contributed by atoms with Gasteiger partial charge in [-0.25, -0.2) is 0 Å². The number of methoxy groups -OCH3 is 2. The highest BCUT2D eigenvalue weighted by Crippen LogP contribution is 2.50. The summed E-state index contributed by atoms with van der Waals surface area (Å²) in [5.74, 6) is 1.65. The molecule has 122 valence electrons. The first-order valence-corrected chi connectivity index (χ1v) is 7.56. The molecule has 0 radical (unpaired) electrons. The van der Waals surface area contributed by atoms with E-state index >= 15 is 0 Å². The van der Waals surface area contributed by atoms with E-state index in [-0.39, 0.29) is 24.2 Å². The van der Waals surface area contributed by atoms with Gasteiger partial charge in [0.05, 0.1) is 14.2 Å². The van der Waals surface area contributed by atoms with E-state index in [1.807, 2.05) is 12.1 Å². The van der Waals surface area contributed by atoms with Gasteiger partial charge in [-0.05, 0) is 59.8 Å². The van der Waals surface area contributed by atoms with E-state index in [1.54, 1.807) is 14.2 Å². The molecular weight excluding hydrogens is 314 g/mol. The minimum Gasteiger partial charge on any atom is -0.504 e. The number of hydrogen-bond donors (Lipinski definition) is 2. The van der Waals surface area contributed by atoms with Crippen molar-refractivity contribution < 1.29 is 14.6 Å².